The van der Waals surface area contributed by atoms with Crippen LogP contribution in [0.5, 0.6) is 5.75 Å². The summed E-state index contributed by atoms with van der Waals surface area (Å²) in [5.74, 6) is 0.194. The van der Waals surface area contributed by atoms with Gasteiger partial charge in [0.05, 0.1) is 40.8 Å². The summed E-state index contributed by atoms with van der Waals surface area (Å²) in [4.78, 5) is 16.6. The predicted molar refractivity (Wildman–Crippen MR) is 105 cm³/mol. The highest BCUT2D eigenvalue weighted by Crippen LogP contribution is 2.27. The van der Waals surface area contributed by atoms with Crippen LogP contribution in [0.1, 0.15) is 15.9 Å². The van der Waals surface area contributed by atoms with E-state index in [1.54, 1.807) is 48.7 Å². The van der Waals surface area contributed by atoms with Crippen molar-refractivity contribution in [1.82, 2.24) is 4.98 Å². The second-order valence-corrected chi connectivity index (χ2v) is 5.96. The number of halogens is 1. The van der Waals surface area contributed by atoms with E-state index >= 15 is 0 Å². The van der Waals surface area contributed by atoms with Crippen LogP contribution in [-0.2, 0) is 0 Å². The first-order valence-corrected chi connectivity index (χ1v) is 8.34. The number of amides is 1. The van der Waals surface area contributed by atoms with E-state index in [0.717, 1.165) is 0 Å². The van der Waals surface area contributed by atoms with Crippen molar-refractivity contribution in [1.29, 1.82) is 5.26 Å². The van der Waals surface area contributed by atoms with Gasteiger partial charge in [-0.15, -0.1) is 0 Å². The van der Waals surface area contributed by atoms with Gasteiger partial charge in [-0.05, 0) is 36.4 Å². The summed E-state index contributed by atoms with van der Waals surface area (Å²) in [6, 6.07) is 15.8. The fraction of sp³-hybridized carbons (Fsp3) is 0.0500. The van der Waals surface area contributed by atoms with E-state index in [0.29, 0.717) is 39.0 Å². The summed E-state index contributed by atoms with van der Waals surface area (Å²) < 4.78 is 5.09. The zero-order chi connectivity index (χ0) is 19.2. The molecule has 134 valence electrons. The average molecular weight is 379 g/mol. The molecule has 0 saturated carbocycles. The van der Waals surface area contributed by atoms with Crippen LogP contribution < -0.4 is 15.4 Å². The first-order valence-electron chi connectivity index (χ1n) is 7.97. The van der Waals surface area contributed by atoms with Gasteiger partial charge in [-0.1, -0.05) is 23.7 Å². The van der Waals surface area contributed by atoms with E-state index in [1.165, 1.54) is 13.3 Å². The molecule has 27 heavy (non-hydrogen) atoms. The number of hydrogen-bond donors (Lipinski definition) is 2. The standard InChI is InChI=1S/C20H15ClN4O2/c1-27-19-7-6-15(9-17(19)21)25-20(26)14-8-16(12-23-11-14)24-18-5-3-2-4-13(18)10-22/h2-9,11-12,24H,1H3,(H,25,26). The molecule has 6 nitrogen and oxygen atoms in total. The number of carbonyl (C=O) groups is 1. The third kappa shape index (κ3) is 4.35. The lowest BCUT2D eigenvalue weighted by Crippen LogP contribution is -2.12. The number of methoxy groups -OCH3 is 1. The van der Waals surface area contributed by atoms with Crippen LogP contribution in [0.25, 0.3) is 0 Å². The molecule has 0 aliphatic carbocycles. The van der Waals surface area contributed by atoms with E-state index in [2.05, 4.69) is 21.7 Å². The Morgan fingerprint density at radius 2 is 1.96 bits per heavy atom. The number of benzene rings is 2. The van der Waals surface area contributed by atoms with Crippen LogP contribution in [-0.4, -0.2) is 18.0 Å². The fourth-order valence-corrected chi connectivity index (χ4v) is 2.68. The monoisotopic (exact) mass is 378 g/mol. The van der Waals surface area contributed by atoms with Gasteiger partial charge < -0.3 is 15.4 Å². The van der Waals surface area contributed by atoms with Gasteiger partial charge in [0.15, 0.2) is 0 Å². The van der Waals surface area contributed by atoms with Crippen molar-refractivity contribution in [3.8, 4) is 11.8 Å². The number of rotatable bonds is 5. The van der Waals surface area contributed by atoms with Crippen molar-refractivity contribution < 1.29 is 9.53 Å². The molecule has 0 atom stereocenters. The van der Waals surface area contributed by atoms with Crippen molar-refractivity contribution in [2.45, 2.75) is 0 Å². The summed E-state index contributed by atoms with van der Waals surface area (Å²) in [6.07, 6.45) is 3.04. The Kier molecular flexibility index (Phi) is 5.55. The van der Waals surface area contributed by atoms with E-state index in [1.807, 2.05) is 6.07 Å². The third-order valence-corrected chi connectivity index (χ3v) is 4.03. The highest BCUT2D eigenvalue weighted by Gasteiger charge is 2.10. The molecule has 3 aromatic rings. The van der Waals surface area contributed by atoms with Crippen LogP contribution in [0.4, 0.5) is 17.1 Å². The second kappa shape index (κ2) is 8.21. The number of nitrogens with zero attached hydrogens (tertiary/aromatic N) is 2. The van der Waals surface area contributed by atoms with Crippen molar-refractivity contribution in [3.63, 3.8) is 0 Å². The number of nitriles is 1. The molecule has 1 heterocycles. The SMILES string of the molecule is COc1ccc(NC(=O)c2cncc(Nc3ccccc3C#N)c2)cc1Cl. The van der Waals surface area contributed by atoms with E-state index in [9.17, 15) is 10.1 Å². The van der Waals surface area contributed by atoms with Crippen molar-refractivity contribution in [3.05, 3.63) is 77.1 Å². The number of para-hydroxylation sites is 1. The molecule has 3 rings (SSSR count). The van der Waals surface area contributed by atoms with Gasteiger partial charge in [-0.3, -0.25) is 9.78 Å². The van der Waals surface area contributed by atoms with Gasteiger partial charge in [-0.2, -0.15) is 5.26 Å². The van der Waals surface area contributed by atoms with E-state index in [-0.39, 0.29) is 5.91 Å². The van der Waals surface area contributed by atoms with Gasteiger partial charge in [0.1, 0.15) is 11.8 Å². The molecule has 1 amide bonds. The van der Waals surface area contributed by atoms with Crippen molar-refractivity contribution >= 4 is 34.6 Å². The zero-order valence-electron chi connectivity index (χ0n) is 14.4. The number of aromatic nitrogens is 1. The molecule has 0 aliphatic heterocycles. The maximum absolute atomic E-state index is 12.5. The Bertz CT molecular complexity index is 1030. The minimum atomic E-state index is -0.332. The molecule has 1 aromatic heterocycles. The molecule has 0 unspecified atom stereocenters. The number of ether oxygens (including phenoxy) is 1. The van der Waals surface area contributed by atoms with Crippen LogP contribution in [0.15, 0.2) is 60.9 Å². The normalized spacial score (nSPS) is 9.96. The Hall–Kier alpha value is -3.56. The molecule has 0 saturated heterocycles. The smallest absolute Gasteiger partial charge is 0.257 e. The second-order valence-electron chi connectivity index (χ2n) is 5.55. The quantitative estimate of drug-likeness (QED) is 0.676. The Morgan fingerprint density at radius 3 is 2.70 bits per heavy atom. The van der Waals surface area contributed by atoms with Gasteiger partial charge in [0, 0.05) is 11.9 Å². The molecule has 0 spiro atoms. The first-order chi connectivity index (χ1) is 13.1. The van der Waals surface area contributed by atoms with Gasteiger partial charge in [0.25, 0.3) is 5.91 Å². The van der Waals surface area contributed by atoms with E-state index < -0.39 is 0 Å². The summed E-state index contributed by atoms with van der Waals surface area (Å²) in [7, 11) is 1.52. The lowest BCUT2D eigenvalue weighted by molar-refractivity contribution is 0.102. The minimum absolute atomic E-state index is 0.332. The molecular formula is C20H15ClN4O2. The van der Waals surface area contributed by atoms with Crippen molar-refractivity contribution in [2.75, 3.05) is 17.7 Å². The molecule has 2 N–H and O–H groups in total. The largest absolute Gasteiger partial charge is 0.495 e. The Balaban J connectivity index is 1.78. The molecule has 0 bridgehead atoms. The van der Waals surface area contributed by atoms with Crippen molar-refractivity contribution in [2.24, 2.45) is 0 Å². The molecular weight excluding hydrogens is 364 g/mol. The van der Waals surface area contributed by atoms with E-state index in [4.69, 9.17) is 16.3 Å². The average Bonchev–Trinajstić information content (AvgIpc) is 2.69. The summed E-state index contributed by atoms with van der Waals surface area (Å²) >= 11 is 6.08. The lowest BCUT2D eigenvalue weighted by atomic mass is 10.2. The Labute approximate surface area is 161 Å². The highest BCUT2D eigenvalue weighted by atomic mass is 35.5. The number of pyridine rings is 1. The molecule has 7 heteroatoms. The lowest BCUT2D eigenvalue weighted by Gasteiger charge is -2.10. The maximum atomic E-state index is 12.5. The number of nitrogens with one attached hydrogen (secondary N) is 2. The van der Waals surface area contributed by atoms with Crippen LogP contribution in [0.2, 0.25) is 5.02 Å². The zero-order valence-corrected chi connectivity index (χ0v) is 15.1. The predicted octanol–water partition coefficient (Wildman–Crippen LogP) is 4.61. The van der Waals surface area contributed by atoms with Crippen LogP contribution in [0.3, 0.4) is 0 Å². The minimum Gasteiger partial charge on any atom is -0.495 e. The van der Waals surface area contributed by atoms with Gasteiger partial charge >= 0.3 is 0 Å². The number of anilines is 3. The molecule has 0 radical (unpaired) electrons. The first kappa shape index (κ1) is 18.2. The van der Waals surface area contributed by atoms with Crippen LogP contribution >= 0.6 is 11.6 Å². The number of hydrogen-bond acceptors (Lipinski definition) is 5. The number of carbonyl (C=O) groups excluding carboxylic acids is 1. The highest BCUT2D eigenvalue weighted by molar-refractivity contribution is 6.32. The summed E-state index contributed by atoms with van der Waals surface area (Å²) in [5, 5.41) is 15.4. The van der Waals surface area contributed by atoms with Gasteiger partial charge in [-0.25, -0.2) is 0 Å². The fourth-order valence-electron chi connectivity index (χ4n) is 2.42. The molecule has 0 fully saturated rings. The third-order valence-electron chi connectivity index (χ3n) is 3.74. The Morgan fingerprint density at radius 1 is 1.15 bits per heavy atom. The van der Waals surface area contributed by atoms with Gasteiger partial charge in [0.2, 0.25) is 0 Å². The molecule has 0 aliphatic rings. The molecule has 2 aromatic carbocycles. The topological polar surface area (TPSA) is 87.0 Å². The maximum Gasteiger partial charge on any atom is 0.257 e. The van der Waals surface area contributed by atoms with Crippen LogP contribution in [0, 0.1) is 11.3 Å². The summed E-state index contributed by atoms with van der Waals surface area (Å²) in [5.41, 5.74) is 2.64. The summed E-state index contributed by atoms with van der Waals surface area (Å²) in [6.45, 7) is 0.